The summed E-state index contributed by atoms with van der Waals surface area (Å²) in [5, 5.41) is 7.30. The van der Waals surface area contributed by atoms with Gasteiger partial charge >= 0.3 is 0 Å². The van der Waals surface area contributed by atoms with Crippen LogP contribution >= 0.6 is 0 Å². The third kappa shape index (κ3) is 1.64. The normalized spacial score (nSPS) is 35.2. The molecule has 0 aromatic carbocycles. The highest BCUT2D eigenvalue weighted by molar-refractivity contribution is 4.97. The Morgan fingerprint density at radius 1 is 1.17 bits per heavy atom. The molecule has 2 fully saturated rings. The van der Waals surface area contributed by atoms with Crippen molar-refractivity contribution in [2.75, 3.05) is 13.1 Å². The Kier molecular flexibility index (Phi) is 2.37. The number of rotatable bonds is 0. The van der Waals surface area contributed by atoms with Crippen molar-refractivity contribution in [3.05, 3.63) is 0 Å². The summed E-state index contributed by atoms with van der Waals surface area (Å²) in [7, 11) is 0. The SMILES string of the molecule is C[C@H]1CNCC2(CCCCC2)N1. The van der Waals surface area contributed by atoms with Crippen LogP contribution in [0.3, 0.4) is 0 Å². The van der Waals surface area contributed by atoms with Gasteiger partial charge in [0.25, 0.3) is 0 Å². The minimum atomic E-state index is 0.468. The molecule has 0 aromatic heterocycles. The monoisotopic (exact) mass is 168 g/mol. The molecule has 1 aliphatic carbocycles. The molecule has 2 heteroatoms. The second kappa shape index (κ2) is 3.35. The maximum absolute atomic E-state index is 3.77. The minimum Gasteiger partial charge on any atom is -0.313 e. The standard InChI is InChI=1S/C10H20N2/c1-9-7-11-8-10(12-9)5-3-2-4-6-10/h9,11-12H,2-8H2,1H3/t9-/m0/s1. The lowest BCUT2D eigenvalue weighted by molar-refractivity contribution is 0.172. The average molecular weight is 168 g/mol. The zero-order valence-corrected chi connectivity index (χ0v) is 8.03. The van der Waals surface area contributed by atoms with Crippen LogP contribution in [0.15, 0.2) is 0 Å². The van der Waals surface area contributed by atoms with Gasteiger partial charge in [0, 0.05) is 24.7 Å². The molecule has 0 aromatic rings. The predicted octanol–water partition coefficient (Wildman–Crippen LogP) is 1.27. The first-order chi connectivity index (χ1) is 5.81. The van der Waals surface area contributed by atoms with E-state index >= 15 is 0 Å². The van der Waals surface area contributed by atoms with Crippen LogP contribution in [0.4, 0.5) is 0 Å². The van der Waals surface area contributed by atoms with Crippen LogP contribution in [0.5, 0.6) is 0 Å². The molecule has 2 N–H and O–H groups in total. The second-order valence-electron chi connectivity index (χ2n) is 4.52. The zero-order chi connectivity index (χ0) is 8.44. The van der Waals surface area contributed by atoms with Gasteiger partial charge in [-0.25, -0.2) is 0 Å². The fourth-order valence-electron chi connectivity index (χ4n) is 2.70. The smallest absolute Gasteiger partial charge is 0.0309 e. The van der Waals surface area contributed by atoms with Crippen LogP contribution in [0, 0.1) is 0 Å². The predicted molar refractivity (Wildman–Crippen MR) is 51.3 cm³/mol. The third-order valence-corrected chi connectivity index (χ3v) is 3.28. The molecule has 2 nitrogen and oxygen atoms in total. The average Bonchev–Trinajstić information content (AvgIpc) is 2.05. The first-order valence-corrected chi connectivity index (χ1v) is 5.29. The van der Waals surface area contributed by atoms with Crippen LogP contribution in [0.25, 0.3) is 0 Å². The van der Waals surface area contributed by atoms with Crippen molar-refractivity contribution in [3.8, 4) is 0 Å². The maximum atomic E-state index is 3.77. The molecular formula is C10H20N2. The lowest BCUT2D eigenvalue weighted by Crippen LogP contribution is -2.63. The van der Waals surface area contributed by atoms with Crippen molar-refractivity contribution < 1.29 is 0 Å². The Morgan fingerprint density at radius 3 is 2.58 bits per heavy atom. The number of nitrogens with one attached hydrogen (secondary N) is 2. The second-order valence-corrected chi connectivity index (χ2v) is 4.52. The topological polar surface area (TPSA) is 24.1 Å². The highest BCUT2D eigenvalue weighted by atomic mass is 15.1. The van der Waals surface area contributed by atoms with E-state index in [4.69, 9.17) is 0 Å². The van der Waals surface area contributed by atoms with Crippen molar-refractivity contribution >= 4 is 0 Å². The van der Waals surface area contributed by atoms with E-state index in [1.165, 1.54) is 38.6 Å². The van der Waals surface area contributed by atoms with Gasteiger partial charge in [0.15, 0.2) is 0 Å². The molecule has 1 atom stereocenters. The van der Waals surface area contributed by atoms with E-state index < -0.39 is 0 Å². The molecule has 2 aliphatic rings. The highest BCUT2D eigenvalue weighted by Gasteiger charge is 2.34. The summed E-state index contributed by atoms with van der Waals surface area (Å²) in [5.41, 5.74) is 0.468. The number of hydrogen-bond donors (Lipinski definition) is 2. The van der Waals surface area contributed by atoms with Gasteiger partial charge in [-0.2, -0.15) is 0 Å². The number of hydrogen-bond acceptors (Lipinski definition) is 2. The van der Waals surface area contributed by atoms with Gasteiger partial charge in [0.1, 0.15) is 0 Å². The Morgan fingerprint density at radius 2 is 1.92 bits per heavy atom. The van der Waals surface area contributed by atoms with E-state index in [0.29, 0.717) is 11.6 Å². The summed E-state index contributed by atoms with van der Waals surface area (Å²) >= 11 is 0. The maximum Gasteiger partial charge on any atom is 0.0309 e. The van der Waals surface area contributed by atoms with Crippen molar-refractivity contribution in [2.45, 2.75) is 50.6 Å². The molecule has 1 saturated carbocycles. The fourth-order valence-corrected chi connectivity index (χ4v) is 2.70. The van der Waals surface area contributed by atoms with Crippen LogP contribution < -0.4 is 10.6 Å². The first kappa shape index (κ1) is 8.52. The van der Waals surface area contributed by atoms with Gasteiger partial charge in [0.2, 0.25) is 0 Å². The molecule has 2 rings (SSSR count). The van der Waals surface area contributed by atoms with E-state index in [9.17, 15) is 0 Å². The molecule has 1 saturated heterocycles. The third-order valence-electron chi connectivity index (χ3n) is 3.28. The minimum absolute atomic E-state index is 0.468. The van der Waals surface area contributed by atoms with Gasteiger partial charge in [-0.1, -0.05) is 19.3 Å². The van der Waals surface area contributed by atoms with Crippen LogP contribution in [-0.2, 0) is 0 Å². The zero-order valence-electron chi connectivity index (χ0n) is 8.03. The van der Waals surface area contributed by atoms with Gasteiger partial charge in [-0.3, -0.25) is 0 Å². The highest BCUT2D eigenvalue weighted by Crippen LogP contribution is 2.29. The van der Waals surface area contributed by atoms with E-state index in [-0.39, 0.29) is 0 Å². The first-order valence-electron chi connectivity index (χ1n) is 5.29. The molecule has 1 heterocycles. The Balaban J connectivity index is 1.97. The largest absolute Gasteiger partial charge is 0.313 e. The summed E-state index contributed by atoms with van der Waals surface area (Å²) < 4.78 is 0. The van der Waals surface area contributed by atoms with Crippen molar-refractivity contribution in [1.29, 1.82) is 0 Å². The van der Waals surface area contributed by atoms with E-state index in [0.717, 1.165) is 6.54 Å². The summed E-state index contributed by atoms with van der Waals surface area (Å²) in [6, 6.07) is 0.664. The number of piperazine rings is 1. The molecular weight excluding hydrogens is 148 g/mol. The Bertz CT molecular complexity index is 144. The molecule has 1 aliphatic heterocycles. The summed E-state index contributed by atoms with van der Waals surface area (Å²) in [6.07, 6.45) is 7.04. The quantitative estimate of drug-likeness (QED) is 0.569. The van der Waals surface area contributed by atoms with Crippen molar-refractivity contribution in [1.82, 2.24) is 10.6 Å². The van der Waals surface area contributed by atoms with Crippen molar-refractivity contribution in [3.63, 3.8) is 0 Å². The van der Waals surface area contributed by atoms with Crippen LogP contribution in [0.2, 0.25) is 0 Å². The lowest BCUT2D eigenvalue weighted by Gasteiger charge is -2.44. The Labute approximate surface area is 75.1 Å². The van der Waals surface area contributed by atoms with Crippen LogP contribution in [0.1, 0.15) is 39.0 Å². The molecule has 0 amide bonds. The summed E-state index contributed by atoms with van der Waals surface area (Å²) in [6.45, 7) is 4.61. The van der Waals surface area contributed by atoms with Gasteiger partial charge < -0.3 is 10.6 Å². The van der Waals surface area contributed by atoms with Gasteiger partial charge in [-0.05, 0) is 19.8 Å². The summed E-state index contributed by atoms with van der Waals surface area (Å²) in [4.78, 5) is 0. The van der Waals surface area contributed by atoms with Crippen molar-refractivity contribution in [2.24, 2.45) is 0 Å². The van der Waals surface area contributed by atoms with Crippen LogP contribution in [-0.4, -0.2) is 24.7 Å². The van der Waals surface area contributed by atoms with Gasteiger partial charge in [0.05, 0.1) is 0 Å². The molecule has 0 radical (unpaired) electrons. The van der Waals surface area contributed by atoms with E-state index in [1.54, 1.807) is 0 Å². The van der Waals surface area contributed by atoms with E-state index in [2.05, 4.69) is 17.6 Å². The molecule has 0 bridgehead atoms. The Hall–Kier alpha value is -0.0800. The molecule has 1 spiro atoms. The molecule has 70 valence electrons. The molecule has 0 unspecified atom stereocenters. The lowest BCUT2D eigenvalue weighted by atomic mass is 9.80. The fraction of sp³-hybridized carbons (Fsp3) is 1.00. The summed E-state index contributed by atoms with van der Waals surface area (Å²) in [5.74, 6) is 0. The van der Waals surface area contributed by atoms with Gasteiger partial charge in [-0.15, -0.1) is 0 Å². The van der Waals surface area contributed by atoms with E-state index in [1.807, 2.05) is 0 Å². The molecule has 12 heavy (non-hydrogen) atoms.